The summed E-state index contributed by atoms with van der Waals surface area (Å²) in [5.74, 6) is 0.316. The highest BCUT2D eigenvalue weighted by molar-refractivity contribution is 6.80. The molecule has 2 aromatic carbocycles. The Morgan fingerprint density at radius 1 is 1.00 bits per heavy atom. The van der Waals surface area contributed by atoms with E-state index in [1.165, 1.54) is 0 Å². The number of nitrogen functional groups attached to an aromatic ring is 2. The Hall–Kier alpha value is -3.31. The van der Waals surface area contributed by atoms with E-state index < -0.39 is 21.6 Å². The molecule has 0 aliphatic carbocycles. The van der Waals surface area contributed by atoms with E-state index in [1.54, 1.807) is 10.9 Å². The van der Waals surface area contributed by atoms with Crippen molar-refractivity contribution in [2.24, 2.45) is 5.41 Å². The molecule has 181 valence electrons. The van der Waals surface area contributed by atoms with Gasteiger partial charge in [0.15, 0.2) is 24.0 Å². The van der Waals surface area contributed by atoms with E-state index in [-0.39, 0.29) is 23.3 Å². The van der Waals surface area contributed by atoms with Gasteiger partial charge in [0.05, 0.1) is 12.9 Å². The molecule has 5 rings (SSSR count). The zero-order chi connectivity index (χ0) is 24.6. The molecular weight excluding hydrogens is 460 g/mol. The molecular formula is C25H29N6O3Si. The largest absolute Gasteiger partial charge is 0.399 e. The van der Waals surface area contributed by atoms with Gasteiger partial charge in [-0.15, -0.1) is 0 Å². The Bertz CT molecular complexity index is 1260. The molecule has 1 fully saturated rings. The fourth-order valence-electron chi connectivity index (χ4n) is 4.13. The van der Waals surface area contributed by atoms with Crippen molar-refractivity contribution in [1.29, 1.82) is 0 Å². The topological polar surface area (TPSA) is 123 Å². The summed E-state index contributed by atoms with van der Waals surface area (Å²) in [5.41, 5.74) is 12.5. The normalized spacial score (nSPS) is 19.4. The quantitative estimate of drug-likeness (QED) is 0.395. The first-order valence-electron chi connectivity index (χ1n) is 11.5. The van der Waals surface area contributed by atoms with Gasteiger partial charge in [-0.2, -0.15) is 9.97 Å². The first-order chi connectivity index (χ1) is 16.8. The molecule has 0 saturated carbocycles. The third kappa shape index (κ3) is 4.78. The van der Waals surface area contributed by atoms with Gasteiger partial charge < -0.3 is 25.4 Å². The van der Waals surface area contributed by atoms with Crippen LogP contribution in [0.1, 0.15) is 27.0 Å². The van der Waals surface area contributed by atoms with Crippen LogP contribution in [0.3, 0.4) is 0 Å². The Kier molecular flexibility index (Phi) is 6.28. The lowest BCUT2D eigenvalue weighted by atomic mass is 9.89. The minimum absolute atomic E-state index is 0.0843. The fraction of sp³-hybridized carbons (Fsp3) is 0.320. The molecule has 0 amide bonds. The van der Waals surface area contributed by atoms with Gasteiger partial charge in [-0.05, 0) is 15.8 Å². The lowest BCUT2D eigenvalue weighted by Gasteiger charge is -2.36. The average molecular weight is 490 g/mol. The van der Waals surface area contributed by atoms with Crippen LogP contribution in [-0.4, -0.2) is 47.6 Å². The van der Waals surface area contributed by atoms with Crippen molar-refractivity contribution in [3.8, 4) is 0 Å². The maximum Gasteiger partial charge on any atom is 0.283 e. The lowest BCUT2D eigenvalue weighted by Crippen LogP contribution is -2.53. The molecule has 3 heterocycles. The molecule has 4 aromatic rings. The number of fused-ring (bicyclic) bond motifs is 1. The van der Waals surface area contributed by atoms with Crippen molar-refractivity contribution >= 4 is 42.3 Å². The lowest BCUT2D eigenvalue weighted by molar-refractivity contribution is -0.158. The van der Waals surface area contributed by atoms with E-state index in [1.807, 2.05) is 36.4 Å². The van der Waals surface area contributed by atoms with Gasteiger partial charge in [0.25, 0.3) is 9.04 Å². The van der Waals surface area contributed by atoms with Gasteiger partial charge >= 0.3 is 0 Å². The predicted molar refractivity (Wildman–Crippen MR) is 136 cm³/mol. The van der Waals surface area contributed by atoms with Crippen molar-refractivity contribution in [3.05, 3.63) is 67.0 Å². The highest BCUT2D eigenvalue weighted by Gasteiger charge is 2.43. The van der Waals surface area contributed by atoms with Gasteiger partial charge in [-0.25, -0.2) is 4.98 Å². The summed E-state index contributed by atoms with van der Waals surface area (Å²) in [5, 5.41) is 2.33. The van der Waals surface area contributed by atoms with Gasteiger partial charge in [0.2, 0.25) is 5.95 Å². The second-order valence-corrected chi connectivity index (χ2v) is 11.6. The van der Waals surface area contributed by atoms with Crippen molar-refractivity contribution < 1.29 is 13.9 Å². The van der Waals surface area contributed by atoms with E-state index in [2.05, 4.69) is 60.0 Å². The number of hydrogen-bond donors (Lipinski definition) is 2. The van der Waals surface area contributed by atoms with Crippen LogP contribution < -0.4 is 21.8 Å². The zero-order valence-electron chi connectivity index (χ0n) is 20.0. The van der Waals surface area contributed by atoms with Crippen molar-refractivity contribution in [2.75, 3.05) is 18.1 Å². The van der Waals surface area contributed by atoms with Crippen LogP contribution >= 0.6 is 0 Å². The highest BCUT2D eigenvalue weighted by Crippen LogP contribution is 2.34. The highest BCUT2D eigenvalue weighted by atomic mass is 28.3. The van der Waals surface area contributed by atoms with Crippen LogP contribution in [-0.2, 0) is 13.9 Å². The molecule has 1 saturated heterocycles. The second kappa shape index (κ2) is 9.38. The number of imidazole rings is 1. The Morgan fingerprint density at radius 2 is 1.63 bits per heavy atom. The molecule has 4 N–H and O–H groups in total. The Morgan fingerprint density at radius 3 is 2.23 bits per heavy atom. The zero-order valence-corrected chi connectivity index (χ0v) is 21.0. The number of ether oxygens (including phenoxy) is 2. The monoisotopic (exact) mass is 489 g/mol. The van der Waals surface area contributed by atoms with Crippen molar-refractivity contribution in [3.63, 3.8) is 0 Å². The van der Waals surface area contributed by atoms with Gasteiger partial charge in [-0.1, -0.05) is 81.4 Å². The number of nitrogens with two attached hydrogens (primary N) is 2. The van der Waals surface area contributed by atoms with Crippen LogP contribution in [0.2, 0.25) is 0 Å². The Labute approximate surface area is 205 Å². The van der Waals surface area contributed by atoms with E-state index in [0.717, 1.165) is 10.4 Å². The van der Waals surface area contributed by atoms with E-state index in [9.17, 15) is 0 Å². The molecule has 1 aliphatic rings. The van der Waals surface area contributed by atoms with Gasteiger partial charge in [0.1, 0.15) is 11.6 Å². The van der Waals surface area contributed by atoms with Crippen LogP contribution in [0.4, 0.5) is 11.8 Å². The summed E-state index contributed by atoms with van der Waals surface area (Å²) in [7, 11) is -1.57. The first kappa shape index (κ1) is 23.4. The summed E-state index contributed by atoms with van der Waals surface area (Å²) >= 11 is 0. The third-order valence-corrected chi connectivity index (χ3v) is 8.09. The third-order valence-electron chi connectivity index (χ3n) is 5.89. The standard InChI is InChI=1S/C25H29N6O3Si/c1-25(2,3)20(34-35(16-10-6-4-7-11-16)17-12-8-5-9-13-17)23-32-14-18(33-23)31-15-28-19-21(26)29-24(27)30-22(19)31/h4-13,15,18,20,23H,14H2,1-3H3,(H4,26,27,29,30)/t18?,20?,23-/m1/s1. The minimum atomic E-state index is -1.57. The molecule has 0 spiro atoms. The predicted octanol–water partition coefficient (Wildman–Crippen LogP) is 2.10. The summed E-state index contributed by atoms with van der Waals surface area (Å²) in [6, 6.07) is 20.7. The number of rotatable bonds is 6. The molecule has 35 heavy (non-hydrogen) atoms. The molecule has 10 heteroatoms. The fourth-order valence-corrected chi connectivity index (χ4v) is 6.45. The van der Waals surface area contributed by atoms with E-state index in [0.29, 0.717) is 17.8 Å². The summed E-state index contributed by atoms with van der Waals surface area (Å²) in [4.78, 5) is 12.6. The van der Waals surface area contributed by atoms with Crippen molar-refractivity contribution in [1.82, 2.24) is 19.5 Å². The molecule has 2 aromatic heterocycles. The number of hydrogen-bond acceptors (Lipinski definition) is 8. The number of nitrogens with zero attached hydrogens (tertiary/aromatic N) is 4. The van der Waals surface area contributed by atoms with Gasteiger partial charge in [0, 0.05) is 0 Å². The van der Waals surface area contributed by atoms with Crippen LogP contribution in [0, 0.1) is 5.41 Å². The number of benzene rings is 2. The first-order valence-corrected chi connectivity index (χ1v) is 12.9. The maximum atomic E-state index is 6.92. The minimum Gasteiger partial charge on any atom is -0.399 e. The molecule has 3 atom stereocenters. The van der Waals surface area contributed by atoms with Crippen molar-refractivity contribution in [2.45, 2.75) is 39.4 Å². The molecule has 1 aliphatic heterocycles. The van der Waals surface area contributed by atoms with Crippen LogP contribution in [0.15, 0.2) is 67.0 Å². The molecule has 2 unspecified atom stereocenters. The molecule has 0 bridgehead atoms. The van der Waals surface area contributed by atoms with Crippen LogP contribution in [0.25, 0.3) is 11.2 Å². The van der Waals surface area contributed by atoms with E-state index in [4.69, 9.17) is 25.4 Å². The molecule has 9 nitrogen and oxygen atoms in total. The molecule has 1 radical (unpaired) electrons. The second-order valence-electron chi connectivity index (χ2n) is 9.55. The average Bonchev–Trinajstić information content (AvgIpc) is 3.47. The smallest absolute Gasteiger partial charge is 0.283 e. The Balaban J connectivity index is 1.44. The van der Waals surface area contributed by atoms with E-state index >= 15 is 0 Å². The number of anilines is 2. The van der Waals surface area contributed by atoms with Crippen LogP contribution in [0.5, 0.6) is 0 Å². The van der Waals surface area contributed by atoms with Gasteiger partial charge in [-0.3, -0.25) is 4.57 Å². The SMILES string of the molecule is CC(C)(C)C(O[Si](c1ccccc1)c1ccccc1)[C@@H]1OCC(n2cnc3c(N)nc(N)nc32)O1. The maximum absolute atomic E-state index is 6.92. The summed E-state index contributed by atoms with van der Waals surface area (Å²) in [6.07, 6.45) is 0.265. The summed E-state index contributed by atoms with van der Waals surface area (Å²) < 4.78 is 21.3. The number of aromatic nitrogens is 4. The summed E-state index contributed by atoms with van der Waals surface area (Å²) in [6.45, 7) is 6.71.